The molecule has 0 bridgehead atoms. The van der Waals surface area contributed by atoms with Crippen LogP contribution in [0.3, 0.4) is 0 Å². The van der Waals surface area contributed by atoms with E-state index in [1.807, 2.05) is 0 Å². The predicted octanol–water partition coefficient (Wildman–Crippen LogP) is 3.13. The van der Waals surface area contributed by atoms with Gasteiger partial charge in [-0.1, -0.05) is 6.92 Å². The summed E-state index contributed by atoms with van der Waals surface area (Å²) < 4.78 is 41.0. The molecule has 1 aromatic heterocycles. The van der Waals surface area contributed by atoms with E-state index in [0.29, 0.717) is 28.8 Å². The van der Waals surface area contributed by atoms with Gasteiger partial charge >= 0.3 is 0 Å². The Morgan fingerprint density at radius 2 is 2.05 bits per heavy atom. The quantitative estimate of drug-likeness (QED) is 0.910. The van der Waals surface area contributed by atoms with Gasteiger partial charge in [-0.2, -0.15) is 8.42 Å². The Hall–Kier alpha value is -1.82. The lowest BCUT2D eigenvalue weighted by molar-refractivity contribution is 0.596. The molecule has 0 spiro atoms. The number of hydrogen-bond donors (Lipinski definition) is 2. The largest absolute Gasteiger partial charge is 0.351 e. The van der Waals surface area contributed by atoms with Crippen molar-refractivity contribution >= 4 is 15.7 Å². The van der Waals surface area contributed by atoms with E-state index >= 15 is 0 Å². The monoisotopic (exact) mass is 296 g/mol. The fourth-order valence-corrected chi connectivity index (χ4v) is 3.11. The molecule has 20 heavy (non-hydrogen) atoms. The first-order valence-electron chi connectivity index (χ1n) is 6.31. The van der Waals surface area contributed by atoms with Crippen LogP contribution >= 0.6 is 0 Å². The molecule has 0 saturated heterocycles. The molecule has 0 fully saturated rings. The molecule has 0 aliphatic carbocycles. The summed E-state index contributed by atoms with van der Waals surface area (Å²) in [6.45, 7) is 5.23. The second kappa shape index (κ2) is 5.28. The molecule has 0 aliphatic heterocycles. The van der Waals surface area contributed by atoms with Gasteiger partial charge in [-0.05, 0) is 49.6 Å². The molecule has 1 heterocycles. The summed E-state index contributed by atoms with van der Waals surface area (Å²) in [5.41, 5.74) is 1.93. The molecule has 4 nitrogen and oxygen atoms in total. The predicted molar refractivity (Wildman–Crippen MR) is 76.9 cm³/mol. The zero-order chi connectivity index (χ0) is 14.9. The first-order valence-corrected chi connectivity index (χ1v) is 7.80. The van der Waals surface area contributed by atoms with Crippen molar-refractivity contribution in [1.82, 2.24) is 4.98 Å². The molecule has 0 amide bonds. The highest BCUT2D eigenvalue weighted by Crippen LogP contribution is 2.27. The minimum atomic E-state index is -3.72. The van der Waals surface area contributed by atoms with Crippen molar-refractivity contribution in [3.8, 4) is 0 Å². The lowest BCUT2D eigenvalue weighted by Crippen LogP contribution is -2.15. The summed E-state index contributed by atoms with van der Waals surface area (Å²) in [6, 6.07) is 4.71. The molecule has 0 unspecified atom stereocenters. The van der Waals surface area contributed by atoms with Crippen molar-refractivity contribution in [2.45, 2.75) is 32.2 Å². The third kappa shape index (κ3) is 2.56. The molecule has 2 N–H and O–H groups in total. The number of hydrogen-bond acceptors (Lipinski definition) is 2. The average molecular weight is 296 g/mol. The SMILES string of the molecule is CCc1c(NS(=O)(=O)c2ccc[nH]2)cc(C)c(C)c1F. The van der Waals surface area contributed by atoms with E-state index in [4.69, 9.17) is 0 Å². The third-order valence-electron chi connectivity index (χ3n) is 3.33. The Kier molecular flexibility index (Phi) is 3.85. The molecule has 0 saturated carbocycles. The second-order valence-corrected chi connectivity index (χ2v) is 6.30. The first kappa shape index (κ1) is 14.6. The Labute approximate surface area is 118 Å². The minimum absolute atomic E-state index is 0.0539. The number of sulfonamides is 1. The molecule has 6 heteroatoms. The van der Waals surface area contributed by atoms with Gasteiger partial charge in [-0.25, -0.2) is 4.39 Å². The highest BCUT2D eigenvalue weighted by atomic mass is 32.2. The van der Waals surface area contributed by atoms with Gasteiger partial charge in [0.15, 0.2) is 5.03 Å². The van der Waals surface area contributed by atoms with Crippen LogP contribution < -0.4 is 4.72 Å². The maximum absolute atomic E-state index is 14.2. The number of halogens is 1. The third-order valence-corrected chi connectivity index (χ3v) is 4.65. The van der Waals surface area contributed by atoms with E-state index in [0.717, 1.165) is 0 Å². The van der Waals surface area contributed by atoms with Crippen molar-refractivity contribution in [3.63, 3.8) is 0 Å². The number of H-pyrrole nitrogens is 1. The van der Waals surface area contributed by atoms with E-state index < -0.39 is 10.0 Å². The Balaban J connectivity index is 2.50. The van der Waals surface area contributed by atoms with E-state index in [2.05, 4.69) is 9.71 Å². The zero-order valence-corrected chi connectivity index (χ0v) is 12.4. The number of aryl methyl sites for hydroxylation is 1. The van der Waals surface area contributed by atoms with Crippen LogP contribution in [-0.4, -0.2) is 13.4 Å². The summed E-state index contributed by atoms with van der Waals surface area (Å²) in [5, 5.41) is 0.0539. The summed E-state index contributed by atoms with van der Waals surface area (Å²) in [5.74, 6) is -0.350. The molecule has 2 aromatic rings. The smallest absolute Gasteiger partial charge is 0.277 e. The van der Waals surface area contributed by atoms with Crippen LogP contribution in [0.2, 0.25) is 0 Å². The molecular formula is C14H17FN2O2S. The molecular weight excluding hydrogens is 279 g/mol. The molecule has 0 atom stereocenters. The van der Waals surface area contributed by atoms with Gasteiger partial charge in [0.2, 0.25) is 0 Å². The lowest BCUT2D eigenvalue weighted by atomic mass is 10.0. The molecule has 2 rings (SSSR count). The number of benzene rings is 1. The number of rotatable bonds is 4. The summed E-state index contributed by atoms with van der Waals surface area (Å²) >= 11 is 0. The van der Waals surface area contributed by atoms with Crippen LogP contribution in [0.15, 0.2) is 29.4 Å². The maximum Gasteiger partial charge on any atom is 0.277 e. The summed E-state index contributed by atoms with van der Waals surface area (Å²) in [6.07, 6.45) is 1.94. The topological polar surface area (TPSA) is 62.0 Å². The lowest BCUT2D eigenvalue weighted by Gasteiger charge is -2.15. The van der Waals surface area contributed by atoms with Crippen LogP contribution in [0.4, 0.5) is 10.1 Å². The maximum atomic E-state index is 14.2. The van der Waals surface area contributed by atoms with Crippen molar-refractivity contribution in [1.29, 1.82) is 0 Å². The Morgan fingerprint density at radius 1 is 1.35 bits per heavy atom. The number of nitrogens with one attached hydrogen (secondary N) is 2. The fourth-order valence-electron chi connectivity index (χ4n) is 2.05. The highest BCUT2D eigenvalue weighted by molar-refractivity contribution is 7.92. The van der Waals surface area contributed by atoms with Gasteiger partial charge in [-0.15, -0.1) is 0 Å². The van der Waals surface area contributed by atoms with E-state index in [1.165, 1.54) is 12.3 Å². The van der Waals surface area contributed by atoms with Gasteiger partial charge in [0.05, 0.1) is 5.69 Å². The van der Waals surface area contributed by atoms with Crippen molar-refractivity contribution in [2.75, 3.05) is 4.72 Å². The standard InChI is InChI=1S/C14H17FN2O2S/c1-4-11-12(8-9(2)10(3)14(11)15)17-20(18,19)13-6-5-7-16-13/h5-8,16-17H,4H2,1-3H3. The second-order valence-electron chi connectivity index (χ2n) is 4.65. The van der Waals surface area contributed by atoms with Gasteiger partial charge in [0, 0.05) is 11.8 Å². The van der Waals surface area contributed by atoms with Crippen molar-refractivity contribution < 1.29 is 12.8 Å². The van der Waals surface area contributed by atoms with Crippen LogP contribution in [0.1, 0.15) is 23.6 Å². The minimum Gasteiger partial charge on any atom is -0.351 e. The van der Waals surface area contributed by atoms with Gasteiger partial charge < -0.3 is 4.98 Å². The molecule has 108 valence electrons. The number of aromatic nitrogens is 1. The van der Waals surface area contributed by atoms with Gasteiger partial charge in [-0.3, -0.25) is 4.72 Å². The fraction of sp³-hybridized carbons (Fsp3) is 0.286. The molecule has 0 aliphatic rings. The van der Waals surface area contributed by atoms with Crippen LogP contribution in [0.25, 0.3) is 0 Å². The van der Waals surface area contributed by atoms with E-state index in [1.54, 1.807) is 32.9 Å². The zero-order valence-electron chi connectivity index (χ0n) is 11.6. The normalized spacial score (nSPS) is 11.6. The van der Waals surface area contributed by atoms with Crippen molar-refractivity contribution in [2.24, 2.45) is 0 Å². The Morgan fingerprint density at radius 3 is 2.60 bits per heavy atom. The van der Waals surface area contributed by atoms with E-state index in [9.17, 15) is 12.8 Å². The molecule has 0 radical (unpaired) electrons. The van der Waals surface area contributed by atoms with Gasteiger partial charge in [0.25, 0.3) is 10.0 Å². The van der Waals surface area contributed by atoms with Gasteiger partial charge in [0.1, 0.15) is 5.82 Å². The van der Waals surface area contributed by atoms with Crippen molar-refractivity contribution in [3.05, 3.63) is 46.9 Å². The number of aromatic amines is 1. The number of anilines is 1. The highest BCUT2D eigenvalue weighted by Gasteiger charge is 2.19. The summed E-state index contributed by atoms with van der Waals surface area (Å²) in [7, 11) is -3.72. The van der Waals surface area contributed by atoms with Crippen LogP contribution in [0, 0.1) is 19.7 Å². The average Bonchev–Trinajstić information content (AvgIpc) is 2.91. The van der Waals surface area contributed by atoms with E-state index in [-0.39, 0.29) is 10.8 Å². The van der Waals surface area contributed by atoms with Crippen LogP contribution in [-0.2, 0) is 16.4 Å². The van der Waals surface area contributed by atoms with Crippen LogP contribution in [0.5, 0.6) is 0 Å². The molecule has 1 aromatic carbocycles. The summed E-state index contributed by atoms with van der Waals surface area (Å²) in [4.78, 5) is 2.63. The Bertz CT molecular complexity index is 722. The first-order chi connectivity index (χ1) is 9.36.